The summed E-state index contributed by atoms with van der Waals surface area (Å²) in [6, 6.07) is 11.3. The van der Waals surface area contributed by atoms with Gasteiger partial charge in [-0.2, -0.15) is 13.8 Å². The second kappa shape index (κ2) is 6.50. The van der Waals surface area contributed by atoms with Gasteiger partial charge in [-0.25, -0.2) is 0 Å². The van der Waals surface area contributed by atoms with Crippen LogP contribution in [0.3, 0.4) is 0 Å². The van der Waals surface area contributed by atoms with Crippen molar-refractivity contribution >= 4 is 40.0 Å². The van der Waals surface area contributed by atoms with E-state index in [4.69, 9.17) is 0 Å². The van der Waals surface area contributed by atoms with Gasteiger partial charge in [0, 0.05) is 29.4 Å². The lowest BCUT2D eigenvalue weighted by molar-refractivity contribution is 0.0949. The molecule has 1 aromatic carbocycles. The summed E-state index contributed by atoms with van der Waals surface area (Å²) in [5, 5.41) is 9.33. The highest BCUT2D eigenvalue weighted by Gasteiger charge is 2.17. The van der Waals surface area contributed by atoms with E-state index in [1.807, 2.05) is 34.5 Å². The van der Waals surface area contributed by atoms with Crippen LogP contribution < -0.4 is 5.32 Å². The number of nitrogens with one attached hydrogen (secondary N) is 1. The van der Waals surface area contributed by atoms with Gasteiger partial charge in [0.2, 0.25) is 0 Å². The molecular weight excluding hydrogens is 342 g/mol. The van der Waals surface area contributed by atoms with Crippen molar-refractivity contribution in [2.24, 2.45) is 0 Å². The van der Waals surface area contributed by atoms with E-state index in [2.05, 4.69) is 25.2 Å². The molecule has 0 fully saturated rings. The molecule has 0 saturated carbocycles. The summed E-state index contributed by atoms with van der Waals surface area (Å²) in [7, 11) is 0. The van der Waals surface area contributed by atoms with Crippen molar-refractivity contribution in [1.29, 1.82) is 0 Å². The fourth-order valence-corrected chi connectivity index (χ4v) is 3.82. The van der Waals surface area contributed by atoms with Gasteiger partial charge in [-0.05, 0) is 35.7 Å². The van der Waals surface area contributed by atoms with E-state index in [1.165, 1.54) is 0 Å². The lowest BCUT2D eigenvalue weighted by Gasteiger charge is -2.17. The number of thiophene rings is 1. The molecule has 4 aromatic rings. The molecule has 0 bridgehead atoms. The average molecular weight is 355 g/mol. The Kier molecular flexibility index (Phi) is 4.06. The molecule has 0 saturated heterocycles. The predicted molar refractivity (Wildman–Crippen MR) is 94.4 cm³/mol. The van der Waals surface area contributed by atoms with Crippen LogP contribution in [0.2, 0.25) is 0 Å². The molecule has 3 aromatic heterocycles. The Hall–Kier alpha value is -2.58. The Morgan fingerprint density at radius 2 is 2.12 bits per heavy atom. The second-order valence-corrected chi connectivity index (χ2v) is 6.70. The third kappa shape index (κ3) is 2.93. The number of carbonyl (C=O) groups is 1. The molecule has 0 unspecified atom stereocenters. The molecule has 0 aliphatic carbocycles. The van der Waals surface area contributed by atoms with Crippen LogP contribution in [0.25, 0.3) is 11.0 Å². The number of rotatable bonds is 5. The first-order valence-corrected chi connectivity index (χ1v) is 8.95. The van der Waals surface area contributed by atoms with Crippen molar-refractivity contribution in [2.45, 2.75) is 6.04 Å². The van der Waals surface area contributed by atoms with Gasteiger partial charge in [0.15, 0.2) is 0 Å². The van der Waals surface area contributed by atoms with Gasteiger partial charge in [-0.15, -0.1) is 11.3 Å². The summed E-state index contributed by atoms with van der Waals surface area (Å²) >= 11 is 2.80. The van der Waals surface area contributed by atoms with Crippen molar-refractivity contribution in [1.82, 2.24) is 23.8 Å². The Morgan fingerprint density at radius 3 is 2.92 bits per heavy atom. The van der Waals surface area contributed by atoms with E-state index in [0.717, 1.165) is 27.6 Å². The van der Waals surface area contributed by atoms with Crippen LogP contribution in [0, 0.1) is 0 Å². The summed E-state index contributed by atoms with van der Waals surface area (Å²) in [4.78, 5) is 13.6. The predicted octanol–water partition coefficient (Wildman–Crippen LogP) is 2.97. The molecule has 8 heteroatoms. The zero-order chi connectivity index (χ0) is 16.4. The van der Waals surface area contributed by atoms with E-state index < -0.39 is 0 Å². The minimum atomic E-state index is -0.126. The molecule has 0 spiro atoms. The highest BCUT2D eigenvalue weighted by atomic mass is 32.1. The van der Waals surface area contributed by atoms with Crippen molar-refractivity contribution in [3.63, 3.8) is 0 Å². The maximum Gasteiger partial charge on any atom is 0.251 e. The van der Waals surface area contributed by atoms with Gasteiger partial charge in [-0.1, -0.05) is 6.07 Å². The van der Waals surface area contributed by atoms with E-state index in [-0.39, 0.29) is 11.9 Å². The molecule has 1 N–H and O–H groups in total. The Balaban J connectivity index is 1.52. The van der Waals surface area contributed by atoms with Gasteiger partial charge in [0.05, 0.1) is 11.7 Å². The summed E-state index contributed by atoms with van der Waals surface area (Å²) in [6.45, 7) is 0.467. The maximum atomic E-state index is 12.5. The van der Waals surface area contributed by atoms with Crippen molar-refractivity contribution < 1.29 is 4.79 Å². The number of hydrogen-bond donors (Lipinski definition) is 1. The zero-order valence-electron chi connectivity index (χ0n) is 12.5. The molecule has 120 valence electrons. The third-order valence-corrected chi connectivity index (χ3v) is 5.22. The van der Waals surface area contributed by atoms with Crippen LogP contribution in [-0.4, -0.2) is 31.0 Å². The molecule has 4 rings (SSSR count). The van der Waals surface area contributed by atoms with Crippen LogP contribution in [-0.2, 0) is 0 Å². The first kappa shape index (κ1) is 15.0. The molecule has 0 radical (unpaired) electrons. The van der Waals surface area contributed by atoms with E-state index >= 15 is 0 Å². The number of carbonyl (C=O) groups excluding carboxylic acids is 1. The fourth-order valence-electron chi connectivity index (χ4n) is 2.49. The molecule has 1 atom stereocenters. The lowest BCUT2D eigenvalue weighted by Crippen LogP contribution is -2.31. The van der Waals surface area contributed by atoms with Gasteiger partial charge in [0.25, 0.3) is 5.91 Å². The van der Waals surface area contributed by atoms with Crippen LogP contribution >= 0.6 is 23.1 Å². The monoisotopic (exact) mass is 355 g/mol. The highest BCUT2D eigenvalue weighted by molar-refractivity contribution is 7.10. The standard InChI is InChI=1S/C16H13N5OS2/c22-16(11-4-5-12-13(9-11)20-24-19-12)17-10-14(15-3-1-8-23-15)21-7-2-6-18-21/h1-9,14H,10H2,(H,17,22)/t14-/m1/s1. The van der Waals surface area contributed by atoms with E-state index in [1.54, 1.807) is 29.7 Å². The highest BCUT2D eigenvalue weighted by Crippen LogP contribution is 2.22. The zero-order valence-corrected chi connectivity index (χ0v) is 14.1. The Bertz CT molecular complexity index is 912. The topological polar surface area (TPSA) is 72.7 Å². The van der Waals surface area contributed by atoms with Crippen LogP contribution in [0.5, 0.6) is 0 Å². The maximum absolute atomic E-state index is 12.5. The largest absolute Gasteiger partial charge is 0.350 e. The number of fused-ring (bicyclic) bond motifs is 1. The number of nitrogens with zero attached hydrogens (tertiary/aromatic N) is 4. The molecule has 0 aliphatic rings. The molecule has 0 aliphatic heterocycles. The fraction of sp³-hybridized carbons (Fsp3) is 0.125. The summed E-state index contributed by atoms with van der Waals surface area (Å²) in [5.74, 6) is -0.126. The van der Waals surface area contributed by atoms with Gasteiger partial charge in [0.1, 0.15) is 17.1 Å². The number of aromatic nitrogens is 4. The molecule has 1 amide bonds. The minimum absolute atomic E-state index is 0.0198. The SMILES string of the molecule is O=C(NC[C@H](c1cccs1)n1cccn1)c1ccc2nsnc2c1. The van der Waals surface area contributed by atoms with Crippen LogP contribution in [0.1, 0.15) is 21.3 Å². The average Bonchev–Trinajstić information content (AvgIpc) is 3.36. The normalized spacial score (nSPS) is 12.3. The van der Waals surface area contributed by atoms with Crippen molar-refractivity contribution in [3.8, 4) is 0 Å². The molecule has 3 heterocycles. The molecule has 6 nitrogen and oxygen atoms in total. The quantitative estimate of drug-likeness (QED) is 0.597. The van der Waals surface area contributed by atoms with Gasteiger partial charge < -0.3 is 5.32 Å². The molecule has 24 heavy (non-hydrogen) atoms. The first-order valence-electron chi connectivity index (χ1n) is 7.34. The Morgan fingerprint density at radius 1 is 1.21 bits per heavy atom. The van der Waals surface area contributed by atoms with Gasteiger partial charge >= 0.3 is 0 Å². The van der Waals surface area contributed by atoms with Gasteiger partial charge in [-0.3, -0.25) is 9.48 Å². The number of benzene rings is 1. The third-order valence-electron chi connectivity index (χ3n) is 3.69. The van der Waals surface area contributed by atoms with E-state index in [9.17, 15) is 4.79 Å². The summed E-state index contributed by atoms with van der Waals surface area (Å²) < 4.78 is 10.2. The van der Waals surface area contributed by atoms with Crippen LogP contribution in [0.4, 0.5) is 0 Å². The van der Waals surface area contributed by atoms with E-state index in [0.29, 0.717) is 12.1 Å². The second-order valence-electron chi connectivity index (χ2n) is 5.20. The number of hydrogen-bond acceptors (Lipinski definition) is 6. The lowest BCUT2D eigenvalue weighted by atomic mass is 10.1. The Labute approximate surface area is 146 Å². The number of amides is 1. The van der Waals surface area contributed by atoms with Crippen molar-refractivity contribution in [3.05, 3.63) is 64.6 Å². The summed E-state index contributed by atoms with van der Waals surface area (Å²) in [5.41, 5.74) is 2.14. The molecular formula is C16H13N5OS2. The van der Waals surface area contributed by atoms with Crippen molar-refractivity contribution in [2.75, 3.05) is 6.54 Å². The van der Waals surface area contributed by atoms with Crippen LogP contribution in [0.15, 0.2) is 54.2 Å². The smallest absolute Gasteiger partial charge is 0.251 e. The summed E-state index contributed by atoms with van der Waals surface area (Å²) in [6.07, 6.45) is 3.65. The first-order chi connectivity index (χ1) is 11.8. The minimum Gasteiger partial charge on any atom is -0.350 e.